The molecule has 0 radical (unpaired) electrons. The Morgan fingerprint density at radius 1 is 1.56 bits per heavy atom. The fourth-order valence-electron chi connectivity index (χ4n) is 1.17. The Hall–Kier alpha value is -1.99. The molecule has 1 aromatic rings. The minimum absolute atomic E-state index is 0.192. The molecule has 0 aromatic heterocycles. The van der Waals surface area contributed by atoms with E-state index in [1.165, 1.54) is 19.2 Å². The van der Waals surface area contributed by atoms with Gasteiger partial charge in [0.2, 0.25) is 0 Å². The van der Waals surface area contributed by atoms with Crippen molar-refractivity contribution in [2.45, 2.75) is 6.42 Å². The number of ether oxygens (including phenoxy) is 1. The Morgan fingerprint density at radius 3 is 2.88 bits per heavy atom. The van der Waals surface area contributed by atoms with E-state index in [2.05, 4.69) is 11.8 Å². The van der Waals surface area contributed by atoms with E-state index in [1.54, 1.807) is 6.07 Å². The number of hydrogen-bond donors (Lipinski definition) is 2. The van der Waals surface area contributed by atoms with Crippen molar-refractivity contribution in [1.82, 2.24) is 0 Å². The fourth-order valence-corrected chi connectivity index (χ4v) is 1.17. The van der Waals surface area contributed by atoms with Crippen LogP contribution < -0.4 is 10.5 Å². The van der Waals surface area contributed by atoms with Crippen LogP contribution in [0.15, 0.2) is 18.2 Å². The lowest BCUT2D eigenvalue weighted by Gasteiger charge is -2.03. The molecule has 0 aliphatic rings. The number of rotatable bonds is 3. The van der Waals surface area contributed by atoms with Crippen molar-refractivity contribution >= 4 is 5.97 Å². The maximum Gasteiger partial charge on any atom is 0.335 e. The minimum Gasteiger partial charge on any atom is -0.495 e. The molecule has 0 fully saturated rings. The third-order valence-corrected chi connectivity index (χ3v) is 1.94. The predicted octanol–water partition coefficient (Wildman–Crippen LogP) is 1.09. The summed E-state index contributed by atoms with van der Waals surface area (Å²) in [5, 5.41) is 8.84. The Morgan fingerprint density at radius 2 is 2.31 bits per heavy atom. The SMILES string of the molecule is COc1ccc(C(=O)O)cc1C#CCCN. The van der Waals surface area contributed by atoms with Gasteiger partial charge in [0.1, 0.15) is 5.75 Å². The monoisotopic (exact) mass is 219 g/mol. The van der Waals surface area contributed by atoms with Crippen LogP contribution in [0.25, 0.3) is 0 Å². The summed E-state index contributed by atoms with van der Waals surface area (Å²) in [6.45, 7) is 0.480. The predicted molar refractivity (Wildman–Crippen MR) is 60.5 cm³/mol. The van der Waals surface area contributed by atoms with Gasteiger partial charge in [-0.2, -0.15) is 0 Å². The van der Waals surface area contributed by atoms with Crippen molar-refractivity contribution in [2.75, 3.05) is 13.7 Å². The molecule has 0 saturated heterocycles. The van der Waals surface area contributed by atoms with Crippen LogP contribution in [0.4, 0.5) is 0 Å². The first-order valence-corrected chi connectivity index (χ1v) is 4.79. The van der Waals surface area contributed by atoms with Crippen LogP contribution in [0.5, 0.6) is 5.75 Å². The summed E-state index contributed by atoms with van der Waals surface area (Å²) in [5.74, 6) is 5.27. The molecule has 0 amide bonds. The first-order valence-electron chi connectivity index (χ1n) is 4.79. The second-order valence-corrected chi connectivity index (χ2v) is 3.06. The normalized spacial score (nSPS) is 9.12. The van der Waals surface area contributed by atoms with E-state index in [4.69, 9.17) is 15.6 Å². The summed E-state index contributed by atoms with van der Waals surface area (Å²) in [5.41, 5.74) is 6.07. The Bertz CT molecular complexity index is 443. The van der Waals surface area contributed by atoms with Crippen molar-refractivity contribution < 1.29 is 14.6 Å². The highest BCUT2D eigenvalue weighted by atomic mass is 16.5. The number of nitrogens with two attached hydrogens (primary N) is 1. The molecule has 0 saturated carbocycles. The summed E-state index contributed by atoms with van der Waals surface area (Å²) in [6.07, 6.45) is 0.570. The maximum atomic E-state index is 10.8. The number of benzene rings is 1. The van der Waals surface area contributed by atoms with Crippen LogP contribution in [0, 0.1) is 11.8 Å². The van der Waals surface area contributed by atoms with Gasteiger partial charge >= 0.3 is 5.97 Å². The third-order valence-electron chi connectivity index (χ3n) is 1.94. The molecule has 1 rings (SSSR count). The smallest absolute Gasteiger partial charge is 0.335 e. The van der Waals surface area contributed by atoms with Gasteiger partial charge in [0.25, 0.3) is 0 Å². The Labute approximate surface area is 94.0 Å². The zero-order valence-corrected chi connectivity index (χ0v) is 8.99. The standard InChI is InChI=1S/C12H13NO3/c1-16-11-6-5-10(12(14)15)8-9(11)4-2-3-7-13/h5-6,8H,3,7,13H2,1H3,(H,14,15). The van der Waals surface area contributed by atoms with Crippen molar-refractivity contribution in [2.24, 2.45) is 5.73 Å². The highest BCUT2D eigenvalue weighted by Crippen LogP contribution is 2.18. The third kappa shape index (κ3) is 3.01. The summed E-state index contributed by atoms with van der Waals surface area (Å²) in [4.78, 5) is 10.8. The topological polar surface area (TPSA) is 72.5 Å². The highest BCUT2D eigenvalue weighted by Gasteiger charge is 2.06. The van der Waals surface area contributed by atoms with E-state index in [1.807, 2.05) is 0 Å². The Kier molecular flexibility index (Phi) is 4.37. The van der Waals surface area contributed by atoms with Crippen LogP contribution in [0.1, 0.15) is 22.3 Å². The van der Waals surface area contributed by atoms with E-state index in [-0.39, 0.29) is 5.56 Å². The van der Waals surface area contributed by atoms with Gasteiger partial charge in [-0.05, 0) is 18.2 Å². The molecule has 4 heteroatoms. The van der Waals surface area contributed by atoms with Gasteiger partial charge in [-0.15, -0.1) is 0 Å². The van der Waals surface area contributed by atoms with Gasteiger partial charge in [0.05, 0.1) is 18.2 Å². The molecule has 0 aliphatic heterocycles. The van der Waals surface area contributed by atoms with Gasteiger partial charge in [0, 0.05) is 13.0 Å². The van der Waals surface area contributed by atoms with Crippen molar-refractivity contribution in [3.8, 4) is 17.6 Å². The number of carbonyl (C=O) groups is 1. The largest absolute Gasteiger partial charge is 0.495 e. The van der Waals surface area contributed by atoms with Gasteiger partial charge in [-0.3, -0.25) is 0 Å². The van der Waals surface area contributed by atoms with Gasteiger partial charge in [0.15, 0.2) is 0 Å². The molecule has 4 nitrogen and oxygen atoms in total. The number of carboxylic acids is 1. The van der Waals surface area contributed by atoms with Crippen LogP contribution in [0.2, 0.25) is 0 Å². The van der Waals surface area contributed by atoms with Crippen LogP contribution in [0.3, 0.4) is 0 Å². The highest BCUT2D eigenvalue weighted by molar-refractivity contribution is 5.88. The minimum atomic E-state index is -0.982. The number of carboxylic acid groups (broad SMARTS) is 1. The first-order chi connectivity index (χ1) is 7.69. The van der Waals surface area contributed by atoms with E-state index in [0.717, 1.165) is 0 Å². The fraction of sp³-hybridized carbons (Fsp3) is 0.250. The van der Waals surface area contributed by atoms with Gasteiger partial charge in [-0.25, -0.2) is 4.79 Å². The lowest BCUT2D eigenvalue weighted by atomic mass is 10.1. The molecule has 3 N–H and O–H groups in total. The molecule has 0 heterocycles. The molecular formula is C12H13NO3. The zero-order valence-electron chi connectivity index (χ0n) is 8.99. The molecule has 1 aromatic carbocycles. The number of aromatic carboxylic acids is 1. The summed E-state index contributed by atoms with van der Waals surface area (Å²) in [7, 11) is 1.52. The quantitative estimate of drug-likeness (QED) is 0.746. The van der Waals surface area contributed by atoms with E-state index in [9.17, 15) is 4.79 Å². The van der Waals surface area contributed by atoms with Crippen molar-refractivity contribution in [3.63, 3.8) is 0 Å². The second kappa shape index (κ2) is 5.79. The average molecular weight is 219 g/mol. The van der Waals surface area contributed by atoms with Crippen LogP contribution in [-0.4, -0.2) is 24.7 Å². The molecule has 0 spiro atoms. The molecule has 0 bridgehead atoms. The van der Waals surface area contributed by atoms with Crippen molar-refractivity contribution in [3.05, 3.63) is 29.3 Å². The average Bonchev–Trinajstić information content (AvgIpc) is 2.29. The molecule has 0 atom stereocenters. The molecule has 0 aliphatic carbocycles. The number of methoxy groups -OCH3 is 1. The van der Waals surface area contributed by atoms with E-state index in [0.29, 0.717) is 24.3 Å². The van der Waals surface area contributed by atoms with E-state index >= 15 is 0 Å². The van der Waals surface area contributed by atoms with Crippen LogP contribution in [-0.2, 0) is 0 Å². The van der Waals surface area contributed by atoms with Crippen LogP contribution >= 0.6 is 0 Å². The lowest BCUT2D eigenvalue weighted by Crippen LogP contribution is -1.98. The van der Waals surface area contributed by atoms with E-state index < -0.39 is 5.97 Å². The van der Waals surface area contributed by atoms with Gasteiger partial charge < -0.3 is 15.6 Å². The molecule has 84 valence electrons. The molecule has 16 heavy (non-hydrogen) atoms. The summed E-state index contributed by atoms with van der Waals surface area (Å²) >= 11 is 0. The maximum absolute atomic E-state index is 10.8. The summed E-state index contributed by atoms with van der Waals surface area (Å²) in [6, 6.07) is 4.57. The first kappa shape index (κ1) is 12.1. The molecular weight excluding hydrogens is 206 g/mol. The Balaban J connectivity index is 3.08. The molecule has 0 unspecified atom stereocenters. The number of hydrogen-bond acceptors (Lipinski definition) is 3. The lowest BCUT2D eigenvalue weighted by molar-refractivity contribution is 0.0697. The zero-order chi connectivity index (χ0) is 12.0. The van der Waals surface area contributed by atoms with Crippen molar-refractivity contribution in [1.29, 1.82) is 0 Å². The summed E-state index contributed by atoms with van der Waals surface area (Å²) < 4.78 is 5.08. The van der Waals surface area contributed by atoms with Gasteiger partial charge in [-0.1, -0.05) is 11.8 Å². The second-order valence-electron chi connectivity index (χ2n) is 3.06.